The van der Waals surface area contributed by atoms with E-state index in [4.69, 9.17) is 5.73 Å². The van der Waals surface area contributed by atoms with Gasteiger partial charge in [0, 0.05) is 23.7 Å². The lowest BCUT2D eigenvalue weighted by atomic mass is 10.2. The minimum Gasteiger partial charge on any atom is -0.399 e. The van der Waals surface area contributed by atoms with E-state index >= 15 is 0 Å². The van der Waals surface area contributed by atoms with E-state index in [9.17, 15) is 13.2 Å². The summed E-state index contributed by atoms with van der Waals surface area (Å²) in [4.78, 5) is 0. The van der Waals surface area contributed by atoms with Crippen LogP contribution in [0.25, 0.3) is 0 Å². The molecule has 16 heavy (non-hydrogen) atoms. The van der Waals surface area contributed by atoms with Crippen molar-refractivity contribution in [3.63, 3.8) is 0 Å². The molecule has 1 aromatic carbocycles. The number of alkyl halides is 3. The van der Waals surface area contributed by atoms with Crippen molar-refractivity contribution < 1.29 is 13.2 Å². The van der Waals surface area contributed by atoms with Crippen molar-refractivity contribution in [1.82, 2.24) is 0 Å². The van der Waals surface area contributed by atoms with Crippen LogP contribution in [0.5, 0.6) is 0 Å². The Kier molecular flexibility index (Phi) is 4.35. The molecule has 0 atom stereocenters. The normalized spacial score (nSPS) is 11.5. The van der Waals surface area contributed by atoms with Gasteiger partial charge in [-0.3, -0.25) is 0 Å². The van der Waals surface area contributed by atoms with Crippen molar-refractivity contribution in [1.29, 1.82) is 0 Å². The minimum atomic E-state index is -4.16. The summed E-state index contributed by atoms with van der Waals surface area (Å²) in [6.45, 7) is 2.14. The summed E-state index contributed by atoms with van der Waals surface area (Å²) < 4.78 is 35.5. The average molecular weight is 250 g/mol. The molecule has 0 spiro atoms. The highest BCUT2D eigenvalue weighted by atomic mass is 32.2. The van der Waals surface area contributed by atoms with E-state index in [2.05, 4.69) is 5.32 Å². The largest absolute Gasteiger partial charge is 0.441 e. The number of hydrogen-bond donors (Lipinski definition) is 2. The number of thioether (sulfide) groups is 1. The Morgan fingerprint density at radius 1 is 1.31 bits per heavy atom. The standard InChI is InChI=1S/C10H13F3N2S/c1-7-4-8(14)6-9(5-7)15-2-3-16-10(11,12)13/h4-6,15H,2-3,14H2,1H3. The van der Waals surface area contributed by atoms with Crippen molar-refractivity contribution in [2.75, 3.05) is 23.3 Å². The van der Waals surface area contributed by atoms with Gasteiger partial charge in [0.1, 0.15) is 0 Å². The van der Waals surface area contributed by atoms with Gasteiger partial charge in [0.15, 0.2) is 0 Å². The zero-order valence-corrected chi connectivity index (χ0v) is 9.58. The highest BCUT2D eigenvalue weighted by Crippen LogP contribution is 2.29. The summed E-state index contributed by atoms with van der Waals surface area (Å²) in [5.74, 6) is -0.0165. The van der Waals surface area contributed by atoms with Crippen LogP contribution in [0.4, 0.5) is 24.5 Å². The number of nitrogens with two attached hydrogens (primary N) is 1. The first kappa shape index (κ1) is 13.0. The summed E-state index contributed by atoms with van der Waals surface area (Å²) >= 11 is -0.0325. The molecule has 0 amide bonds. The molecule has 1 rings (SSSR count). The number of nitrogens with one attached hydrogen (secondary N) is 1. The predicted octanol–water partition coefficient (Wildman–Crippen LogP) is 3.24. The Balaban J connectivity index is 2.37. The summed E-state index contributed by atoms with van der Waals surface area (Å²) in [5, 5.41) is 2.90. The smallest absolute Gasteiger partial charge is 0.399 e. The third-order valence-corrected chi connectivity index (χ3v) is 2.53. The zero-order chi connectivity index (χ0) is 12.2. The number of anilines is 2. The molecule has 0 heterocycles. The molecule has 0 aliphatic heterocycles. The molecule has 1 aromatic rings. The number of benzene rings is 1. The van der Waals surface area contributed by atoms with E-state index in [1.54, 1.807) is 12.1 Å². The van der Waals surface area contributed by atoms with E-state index in [0.29, 0.717) is 5.69 Å². The number of nitrogen functional groups attached to an aromatic ring is 1. The fourth-order valence-electron chi connectivity index (χ4n) is 1.28. The first-order valence-electron chi connectivity index (χ1n) is 4.68. The van der Waals surface area contributed by atoms with Gasteiger partial charge >= 0.3 is 5.51 Å². The molecule has 3 N–H and O–H groups in total. The molecule has 0 saturated carbocycles. The molecule has 0 unspecified atom stereocenters. The van der Waals surface area contributed by atoms with E-state index < -0.39 is 5.51 Å². The minimum absolute atomic E-state index is 0.0165. The lowest BCUT2D eigenvalue weighted by Gasteiger charge is -2.09. The number of halogens is 3. The van der Waals surface area contributed by atoms with Gasteiger partial charge in [0.05, 0.1) is 0 Å². The Morgan fingerprint density at radius 2 is 2.00 bits per heavy atom. The van der Waals surface area contributed by atoms with Gasteiger partial charge in [-0.15, -0.1) is 0 Å². The molecule has 2 nitrogen and oxygen atoms in total. The maximum Gasteiger partial charge on any atom is 0.441 e. The number of hydrogen-bond acceptors (Lipinski definition) is 3. The fourth-order valence-corrected chi connectivity index (χ4v) is 1.71. The number of aryl methyl sites for hydroxylation is 1. The first-order valence-corrected chi connectivity index (χ1v) is 5.67. The SMILES string of the molecule is Cc1cc(N)cc(NCCSC(F)(F)F)c1. The average Bonchev–Trinajstić information content (AvgIpc) is 2.09. The van der Waals surface area contributed by atoms with Crippen LogP contribution < -0.4 is 11.1 Å². The quantitative estimate of drug-likeness (QED) is 0.636. The van der Waals surface area contributed by atoms with Gasteiger partial charge in [-0.25, -0.2) is 0 Å². The van der Waals surface area contributed by atoms with Crippen LogP contribution in [0.2, 0.25) is 0 Å². The monoisotopic (exact) mass is 250 g/mol. The molecule has 0 aliphatic carbocycles. The van der Waals surface area contributed by atoms with Crippen LogP contribution in [0.3, 0.4) is 0 Å². The van der Waals surface area contributed by atoms with Crippen LogP contribution >= 0.6 is 11.8 Å². The van der Waals surface area contributed by atoms with Crippen LogP contribution in [0.15, 0.2) is 18.2 Å². The second-order valence-electron chi connectivity index (χ2n) is 3.35. The molecule has 6 heteroatoms. The van der Waals surface area contributed by atoms with E-state index in [1.165, 1.54) is 0 Å². The molecular formula is C10H13F3N2S. The van der Waals surface area contributed by atoms with Crippen LogP contribution in [0.1, 0.15) is 5.56 Å². The lowest BCUT2D eigenvalue weighted by Crippen LogP contribution is -2.09. The summed E-state index contributed by atoms with van der Waals surface area (Å²) in [7, 11) is 0. The van der Waals surface area contributed by atoms with Gasteiger partial charge in [-0.1, -0.05) is 0 Å². The van der Waals surface area contributed by atoms with Gasteiger partial charge in [-0.05, 0) is 42.4 Å². The highest BCUT2D eigenvalue weighted by molar-refractivity contribution is 8.00. The third-order valence-electron chi connectivity index (χ3n) is 1.80. The molecule has 90 valence electrons. The summed E-state index contributed by atoms with van der Waals surface area (Å²) in [6, 6.07) is 5.34. The molecule has 0 aliphatic rings. The predicted molar refractivity (Wildman–Crippen MR) is 62.6 cm³/mol. The van der Waals surface area contributed by atoms with Gasteiger partial charge in [0.25, 0.3) is 0 Å². The lowest BCUT2D eigenvalue weighted by molar-refractivity contribution is -0.0327. The molecule has 0 saturated heterocycles. The van der Waals surface area contributed by atoms with Crippen molar-refractivity contribution in [2.45, 2.75) is 12.4 Å². The van der Waals surface area contributed by atoms with Crippen molar-refractivity contribution in [2.24, 2.45) is 0 Å². The molecule has 0 bridgehead atoms. The summed E-state index contributed by atoms with van der Waals surface area (Å²) in [5.41, 5.74) is 3.78. The van der Waals surface area contributed by atoms with Crippen molar-refractivity contribution in [3.05, 3.63) is 23.8 Å². The van der Waals surface area contributed by atoms with Gasteiger partial charge < -0.3 is 11.1 Å². The molecular weight excluding hydrogens is 237 g/mol. The van der Waals surface area contributed by atoms with E-state index in [-0.39, 0.29) is 24.1 Å². The van der Waals surface area contributed by atoms with Crippen molar-refractivity contribution in [3.8, 4) is 0 Å². The Bertz CT molecular complexity index is 332. The molecule has 0 fully saturated rings. The molecule has 0 radical (unpaired) electrons. The highest BCUT2D eigenvalue weighted by Gasteiger charge is 2.27. The second-order valence-corrected chi connectivity index (χ2v) is 4.51. The maximum absolute atomic E-state index is 11.8. The van der Waals surface area contributed by atoms with Crippen LogP contribution in [-0.2, 0) is 0 Å². The maximum atomic E-state index is 11.8. The summed E-state index contributed by atoms with van der Waals surface area (Å²) in [6.07, 6.45) is 0. The number of rotatable bonds is 4. The van der Waals surface area contributed by atoms with Crippen LogP contribution in [0, 0.1) is 6.92 Å². The first-order chi connectivity index (χ1) is 7.37. The zero-order valence-electron chi connectivity index (χ0n) is 8.77. The second kappa shape index (κ2) is 5.34. The van der Waals surface area contributed by atoms with Gasteiger partial charge in [0.2, 0.25) is 0 Å². The van der Waals surface area contributed by atoms with Crippen LogP contribution in [-0.4, -0.2) is 17.8 Å². The third kappa shape index (κ3) is 5.16. The Morgan fingerprint density at radius 3 is 2.56 bits per heavy atom. The fraction of sp³-hybridized carbons (Fsp3) is 0.400. The van der Waals surface area contributed by atoms with E-state index in [1.807, 2.05) is 13.0 Å². The topological polar surface area (TPSA) is 38.0 Å². The van der Waals surface area contributed by atoms with E-state index in [0.717, 1.165) is 11.3 Å². The van der Waals surface area contributed by atoms with Crippen molar-refractivity contribution >= 4 is 23.1 Å². The molecule has 0 aromatic heterocycles. The van der Waals surface area contributed by atoms with Gasteiger partial charge in [-0.2, -0.15) is 13.2 Å². The Labute approximate surface area is 96.4 Å². The Hall–Kier alpha value is -1.04.